The minimum absolute atomic E-state index is 0.152. The van der Waals surface area contributed by atoms with E-state index < -0.39 is 8.32 Å². The summed E-state index contributed by atoms with van der Waals surface area (Å²) in [4.78, 5) is 17.4. The fourth-order valence-corrected chi connectivity index (χ4v) is 5.77. The second-order valence-electron chi connectivity index (χ2n) is 12.0. The van der Waals surface area contributed by atoms with Crippen molar-refractivity contribution in [1.29, 1.82) is 0 Å². The van der Waals surface area contributed by atoms with Gasteiger partial charge in [-0.15, -0.1) is 0 Å². The van der Waals surface area contributed by atoms with E-state index in [1.165, 1.54) is 16.8 Å². The number of fused-ring (bicyclic) bond motifs is 1. The number of aldehydes is 1. The van der Waals surface area contributed by atoms with E-state index >= 15 is 0 Å². The van der Waals surface area contributed by atoms with E-state index in [-0.39, 0.29) is 22.3 Å². The van der Waals surface area contributed by atoms with Crippen LogP contribution < -0.4 is 0 Å². The zero-order chi connectivity index (χ0) is 22.5. The molecule has 166 valence electrons. The SMILES string of the molecule is CC(C)c1nc2c(c([C@@H]3CCC=C3O[Si](C)(C)C(C)(C)C)c1C=O)CCC(C)(C)C2. The normalized spacial score (nSPS) is 21.4. The average molecular weight is 428 g/mol. The highest BCUT2D eigenvalue weighted by Gasteiger charge is 2.42. The lowest BCUT2D eigenvalue weighted by molar-refractivity contribution is 0.112. The summed E-state index contributed by atoms with van der Waals surface area (Å²) in [6.45, 7) is 20.5. The Morgan fingerprint density at radius 3 is 2.50 bits per heavy atom. The topological polar surface area (TPSA) is 39.2 Å². The molecule has 1 atom stereocenters. The largest absolute Gasteiger partial charge is 0.546 e. The third kappa shape index (κ3) is 4.30. The summed E-state index contributed by atoms with van der Waals surface area (Å²) < 4.78 is 6.83. The Bertz CT molecular complexity index is 859. The molecule has 3 rings (SSSR count). The zero-order valence-electron chi connectivity index (χ0n) is 20.6. The first-order chi connectivity index (χ1) is 13.8. The predicted molar refractivity (Wildman–Crippen MR) is 128 cm³/mol. The van der Waals surface area contributed by atoms with Gasteiger partial charge in [-0.2, -0.15) is 0 Å². The van der Waals surface area contributed by atoms with E-state index in [4.69, 9.17) is 9.41 Å². The molecule has 3 nitrogen and oxygen atoms in total. The van der Waals surface area contributed by atoms with Gasteiger partial charge in [0.05, 0.1) is 11.5 Å². The first-order valence-electron chi connectivity index (χ1n) is 11.7. The Labute approximate surface area is 184 Å². The van der Waals surface area contributed by atoms with Crippen molar-refractivity contribution >= 4 is 14.6 Å². The van der Waals surface area contributed by atoms with Gasteiger partial charge in [-0.05, 0) is 78.8 Å². The van der Waals surface area contributed by atoms with E-state index in [9.17, 15) is 4.79 Å². The molecule has 0 spiro atoms. The number of aromatic nitrogens is 1. The molecule has 0 fully saturated rings. The Morgan fingerprint density at radius 1 is 1.27 bits per heavy atom. The van der Waals surface area contributed by atoms with Crippen molar-refractivity contribution in [2.24, 2.45) is 5.41 Å². The van der Waals surface area contributed by atoms with Gasteiger partial charge in [0.2, 0.25) is 8.32 Å². The highest BCUT2D eigenvalue weighted by atomic mass is 28.4. The maximum atomic E-state index is 12.4. The van der Waals surface area contributed by atoms with Crippen LogP contribution in [-0.4, -0.2) is 19.6 Å². The van der Waals surface area contributed by atoms with Crippen LogP contribution in [-0.2, 0) is 17.3 Å². The van der Waals surface area contributed by atoms with Crippen molar-refractivity contribution in [1.82, 2.24) is 4.98 Å². The number of allylic oxidation sites excluding steroid dienone is 2. The summed E-state index contributed by atoms with van der Waals surface area (Å²) in [6.07, 6.45) is 8.54. The van der Waals surface area contributed by atoms with E-state index in [1.54, 1.807) is 0 Å². The maximum Gasteiger partial charge on any atom is 0.250 e. The lowest BCUT2D eigenvalue weighted by atomic mass is 9.72. The molecule has 2 aliphatic carbocycles. The molecule has 0 unspecified atom stereocenters. The molecule has 0 radical (unpaired) electrons. The standard InChI is InChI=1S/C26H41NO2Si/c1-17(2)24-20(16-28)23(18-13-14-26(6,7)15-21(18)27-24)19-11-10-12-22(19)29-30(8,9)25(3,4)5/h12,16-17,19H,10-11,13-15H2,1-9H3/t19-/m1/s1. The molecule has 2 aliphatic rings. The average Bonchev–Trinajstić information content (AvgIpc) is 3.05. The van der Waals surface area contributed by atoms with Crippen LogP contribution in [0.15, 0.2) is 11.8 Å². The smallest absolute Gasteiger partial charge is 0.250 e. The Balaban J connectivity index is 2.14. The second kappa shape index (κ2) is 7.92. The number of carbonyl (C=O) groups excluding carboxylic acids is 1. The lowest BCUT2D eigenvalue weighted by Gasteiger charge is -2.39. The van der Waals surface area contributed by atoms with Crippen molar-refractivity contribution in [2.75, 3.05) is 0 Å². The molecule has 0 bridgehead atoms. The van der Waals surface area contributed by atoms with Crippen molar-refractivity contribution in [3.63, 3.8) is 0 Å². The molecule has 0 N–H and O–H groups in total. The van der Waals surface area contributed by atoms with Crippen molar-refractivity contribution in [3.05, 3.63) is 39.9 Å². The number of rotatable bonds is 5. The molecule has 1 aromatic heterocycles. The van der Waals surface area contributed by atoms with Crippen LogP contribution in [0.3, 0.4) is 0 Å². The summed E-state index contributed by atoms with van der Waals surface area (Å²) in [5.41, 5.74) is 5.85. The maximum absolute atomic E-state index is 12.4. The van der Waals surface area contributed by atoms with Crippen molar-refractivity contribution in [3.8, 4) is 0 Å². The summed E-state index contributed by atoms with van der Waals surface area (Å²) in [6, 6.07) is 0. The number of hydrogen-bond acceptors (Lipinski definition) is 3. The minimum atomic E-state index is -1.94. The number of pyridine rings is 1. The van der Waals surface area contributed by atoms with E-state index in [2.05, 4.69) is 67.6 Å². The Morgan fingerprint density at radius 2 is 1.93 bits per heavy atom. The molecular weight excluding hydrogens is 386 g/mol. The predicted octanol–water partition coefficient (Wildman–Crippen LogP) is 7.32. The summed E-state index contributed by atoms with van der Waals surface area (Å²) in [7, 11) is -1.94. The molecule has 0 aliphatic heterocycles. The molecule has 0 saturated carbocycles. The highest BCUT2D eigenvalue weighted by Crippen LogP contribution is 2.47. The van der Waals surface area contributed by atoms with E-state index in [0.717, 1.165) is 55.4 Å². The molecular formula is C26H41NO2Si. The fourth-order valence-electron chi connectivity index (χ4n) is 4.65. The van der Waals surface area contributed by atoms with Gasteiger partial charge < -0.3 is 4.43 Å². The monoisotopic (exact) mass is 427 g/mol. The van der Waals surface area contributed by atoms with Crippen LogP contribution >= 0.6 is 0 Å². The summed E-state index contributed by atoms with van der Waals surface area (Å²) in [5.74, 6) is 1.53. The molecule has 0 amide bonds. The zero-order valence-corrected chi connectivity index (χ0v) is 21.6. The fraction of sp³-hybridized carbons (Fsp3) is 0.692. The van der Waals surface area contributed by atoms with Gasteiger partial charge in [-0.1, -0.05) is 48.5 Å². The highest BCUT2D eigenvalue weighted by molar-refractivity contribution is 6.74. The van der Waals surface area contributed by atoms with Gasteiger partial charge in [0, 0.05) is 17.2 Å². The molecule has 4 heteroatoms. The van der Waals surface area contributed by atoms with E-state index in [0.29, 0.717) is 0 Å². The second-order valence-corrected chi connectivity index (χ2v) is 16.7. The third-order valence-electron chi connectivity index (χ3n) is 7.53. The van der Waals surface area contributed by atoms with Gasteiger partial charge in [0.1, 0.15) is 0 Å². The molecule has 1 aromatic rings. The van der Waals surface area contributed by atoms with Crippen LogP contribution in [0.2, 0.25) is 18.1 Å². The van der Waals surface area contributed by atoms with Crippen molar-refractivity contribution in [2.45, 2.75) is 111 Å². The number of nitrogens with zero attached hydrogens (tertiary/aromatic N) is 1. The van der Waals surface area contributed by atoms with Crippen LogP contribution in [0.25, 0.3) is 0 Å². The van der Waals surface area contributed by atoms with Gasteiger partial charge in [-0.25, -0.2) is 0 Å². The van der Waals surface area contributed by atoms with Gasteiger partial charge in [0.15, 0.2) is 6.29 Å². The molecule has 30 heavy (non-hydrogen) atoms. The molecule has 1 heterocycles. The van der Waals surface area contributed by atoms with Crippen LogP contribution in [0.4, 0.5) is 0 Å². The van der Waals surface area contributed by atoms with Gasteiger partial charge in [0.25, 0.3) is 0 Å². The van der Waals surface area contributed by atoms with Gasteiger partial charge in [-0.3, -0.25) is 9.78 Å². The third-order valence-corrected chi connectivity index (χ3v) is 11.9. The van der Waals surface area contributed by atoms with Crippen LogP contribution in [0, 0.1) is 5.41 Å². The summed E-state index contributed by atoms with van der Waals surface area (Å²) >= 11 is 0. The Kier molecular flexibility index (Phi) is 6.14. The Hall–Kier alpha value is -1.42. The van der Waals surface area contributed by atoms with Crippen molar-refractivity contribution < 1.29 is 9.22 Å². The number of hydrogen-bond donors (Lipinski definition) is 0. The molecule has 0 aromatic carbocycles. The van der Waals surface area contributed by atoms with Crippen LogP contribution in [0.1, 0.15) is 112 Å². The summed E-state index contributed by atoms with van der Waals surface area (Å²) in [5, 5.41) is 0.152. The number of carbonyl (C=O) groups is 1. The quantitative estimate of drug-likeness (QED) is 0.365. The first kappa shape index (κ1) is 23.2. The lowest BCUT2D eigenvalue weighted by Crippen LogP contribution is -2.41. The molecule has 0 saturated heterocycles. The van der Waals surface area contributed by atoms with Gasteiger partial charge >= 0.3 is 0 Å². The first-order valence-corrected chi connectivity index (χ1v) is 14.6. The van der Waals surface area contributed by atoms with E-state index in [1.807, 2.05) is 0 Å². The van der Waals surface area contributed by atoms with Crippen LogP contribution in [0.5, 0.6) is 0 Å². The minimum Gasteiger partial charge on any atom is -0.546 e.